The molecule has 140 valence electrons. The number of carbonyl (C=O) groups excluding carboxylic acids is 1. The zero-order valence-electron chi connectivity index (χ0n) is 14.9. The molecule has 0 spiro atoms. The molecule has 0 amide bonds. The van der Waals surface area contributed by atoms with E-state index in [4.69, 9.17) is 16.3 Å². The van der Waals surface area contributed by atoms with Gasteiger partial charge in [-0.05, 0) is 32.9 Å². The molecule has 1 aliphatic heterocycles. The third-order valence-corrected chi connectivity index (χ3v) is 4.71. The van der Waals surface area contributed by atoms with Crippen molar-refractivity contribution in [2.24, 2.45) is 0 Å². The van der Waals surface area contributed by atoms with Crippen LogP contribution in [0.4, 0.5) is 10.1 Å². The van der Waals surface area contributed by atoms with E-state index >= 15 is 0 Å². The standard InChI is InChI=1S/C18H25BrClFN2O2/c1-17(2,3)25-16(24)14-12-13(18(20,21)6-7-19)4-5-15(14)23-10-8-22-9-11-23/h4-5,12,22H,6-11H2,1-3H3. The fourth-order valence-corrected chi connectivity index (χ4v) is 3.69. The van der Waals surface area contributed by atoms with E-state index in [0.717, 1.165) is 31.9 Å². The van der Waals surface area contributed by atoms with Crippen molar-refractivity contribution >= 4 is 39.2 Å². The summed E-state index contributed by atoms with van der Waals surface area (Å²) in [5.41, 5.74) is 0.753. The number of benzene rings is 1. The summed E-state index contributed by atoms with van der Waals surface area (Å²) in [6, 6.07) is 4.95. The summed E-state index contributed by atoms with van der Waals surface area (Å²) in [6.45, 7) is 8.65. The third kappa shape index (κ3) is 5.56. The normalized spacial score (nSPS) is 17.9. The Kier molecular flexibility index (Phi) is 6.74. The van der Waals surface area contributed by atoms with Crippen LogP contribution in [0.5, 0.6) is 0 Å². The average molecular weight is 436 g/mol. The number of anilines is 1. The topological polar surface area (TPSA) is 41.6 Å². The number of piperazine rings is 1. The van der Waals surface area contributed by atoms with Crippen LogP contribution in [0.1, 0.15) is 43.1 Å². The molecule has 1 heterocycles. The predicted octanol–water partition coefficient (Wildman–Crippen LogP) is 4.20. The first-order chi connectivity index (χ1) is 11.6. The first-order valence-electron chi connectivity index (χ1n) is 8.41. The van der Waals surface area contributed by atoms with Crippen LogP contribution in [-0.4, -0.2) is 43.1 Å². The molecular formula is C18H25BrClFN2O2. The van der Waals surface area contributed by atoms with Gasteiger partial charge in [-0.2, -0.15) is 0 Å². The van der Waals surface area contributed by atoms with E-state index in [1.807, 2.05) is 20.8 Å². The van der Waals surface area contributed by atoms with Gasteiger partial charge in [0.2, 0.25) is 5.13 Å². The fourth-order valence-electron chi connectivity index (χ4n) is 2.70. The number of hydrogen-bond donors (Lipinski definition) is 1. The number of nitrogens with zero attached hydrogens (tertiary/aromatic N) is 1. The minimum atomic E-state index is -2.03. The molecule has 0 bridgehead atoms. The van der Waals surface area contributed by atoms with Crippen molar-refractivity contribution in [3.63, 3.8) is 0 Å². The van der Waals surface area contributed by atoms with Gasteiger partial charge in [-0.1, -0.05) is 33.6 Å². The largest absolute Gasteiger partial charge is 0.456 e. The number of alkyl halides is 3. The van der Waals surface area contributed by atoms with Gasteiger partial charge in [-0.25, -0.2) is 9.18 Å². The third-order valence-electron chi connectivity index (χ3n) is 3.90. The van der Waals surface area contributed by atoms with Gasteiger partial charge in [-0.3, -0.25) is 0 Å². The second-order valence-corrected chi connectivity index (χ2v) is 8.51. The number of carbonyl (C=O) groups is 1. The molecule has 25 heavy (non-hydrogen) atoms. The van der Waals surface area contributed by atoms with E-state index in [2.05, 4.69) is 26.1 Å². The van der Waals surface area contributed by atoms with Crippen LogP contribution in [0.15, 0.2) is 18.2 Å². The van der Waals surface area contributed by atoms with Crippen molar-refractivity contribution in [3.8, 4) is 0 Å². The number of nitrogens with one attached hydrogen (secondary N) is 1. The highest BCUT2D eigenvalue weighted by atomic mass is 79.9. The molecule has 1 saturated heterocycles. The lowest BCUT2D eigenvalue weighted by molar-refractivity contribution is 0.00700. The van der Waals surface area contributed by atoms with Gasteiger partial charge in [-0.15, -0.1) is 0 Å². The summed E-state index contributed by atoms with van der Waals surface area (Å²) in [4.78, 5) is 14.8. The number of esters is 1. The number of rotatable bonds is 5. The highest BCUT2D eigenvalue weighted by molar-refractivity contribution is 9.09. The summed E-state index contributed by atoms with van der Waals surface area (Å²) in [5.74, 6) is -0.464. The minimum Gasteiger partial charge on any atom is -0.456 e. The molecule has 1 N–H and O–H groups in total. The summed E-state index contributed by atoms with van der Waals surface area (Å²) >= 11 is 9.25. The molecule has 2 rings (SSSR count). The van der Waals surface area contributed by atoms with Crippen molar-refractivity contribution < 1.29 is 13.9 Å². The maximum Gasteiger partial charge on any atom is 0.340 e. The lowest BCUT2D eigenvalue weighted by atomic mass is 10.0. The molecule has 0 aromatic heterocycles. The summed E-state index contributed by atoms with van der Waals surface area (Å²) in [6.07, 6.45) is 0.106. The van der Waals surface area contributed by atoms with E-state index in [-0.39, 0.29) is 12.0 Å². The first-order valence-corrected chi connectivity index (χ1v) is 9.91. The van der Waals surface area contributed by atoms with Crippen molar-refractivity contribution in [3.05, 3.63) is 29.3 Å². The maximum atomic E-state index is 14.7. The smallest absolute Gasteiger partial charge is 0.340 e. The van der Waals surface area contributed by atoms with Gasteiger partial charge in [0.1, 0.15) is 5.60 Å². The van der Waals surface area contributed by atoms with Gasteiger partial charge >= 0.3 is 5.97 Å². The molecule has 0 aliphatic carbocycles. The zero-order valence-corrected chi connectivity index (χ0v) is 17.2. The Hall–Kier alpha value is -0.850. The highest BCUT2D eigenvalue weighted by Crippen LogP contribution is 2.37. The minimum absolute atomic E-state index is 0.106. The van der Waals surface area contributed by atoms with Crippen LogP contribution in [-0.2, 0) is 9.86 Å². The second-order valence-electron chi connectivity index (χ2n) is 7.11. The number of halogens is 3. The van der Waals surface area contributed by atoms with E-state index in [1.165, 1.54) is 6.07 Å². The van der Waals surface area contributed by atoms with Crippen molar-refractivity contribution in [2.75, 3.05) is 36.4 Å². The van der Waals surface area contributed by atoms with Crippen LogP contribution >= 0.6 is 27.5 Å². The SMILES string of the molecule is CC(C)(C)OC(=O)c1cc(C(F)(Cl)CCBr)ccc1N1CCNCC1. The van der Waals surface area contributed by atoms with E-state index in [1.54, 1.807) is 12.1 Å². The molecule has 1 aromatic rings. The van der Waals surface area contributed by atoms with Crippen LogP contribution < -0.4 is 10.2 Å². The Morgan fingerprint density at radius 2 is 2.00 bits per heavy atom. The van der Waals surface area contributed by atoms with Gasteiger partial charge in [0, 0.05) is 43.5 Å². The van der Waals surface area contributed by atoms with Crippen molar-refractivity contribution in [1.29, 1.82) is 0 Å². The molecule has 1 unspecified atom stereocenters. The molecule has 1 atom stereocenters. The van der Waals surface area contributed by atoms with E-state index < -0.39 is 16.7 Å². The van der Waals surface area contributed by atoms with Crippen molar-refractivity contribution in [1.82, 2.24) is 5.32 Å². The molecule has 1 aliphatic rings. The van der Waals surface area contributed by atoms with Crippen LogP contribution in [0.3, 0.4) is 0 Å². The summed E-state index contributed by atoms with van der Waals surface area (Å²) in [5, 5.41) is 1.68. The van der Waals surface area contributed by atoms with Crippen LogP contribution in [0.2, 0.25) is 0 Å². The Balaban J connectivity index is 2.43. The lowest BCUT2D eigenvalue weighted by Gasteiger charge is -2.32. The zero-order chi connectivity index (χ0) is 18.7. The van der Waals surface area contributed by atoms with E-state index in [0.29, 0.717) is 10.9 Å². The first kappa shape index (κ1) is 20.5. The van der Waals surface area contributed by atoms with Crippen LogP contribution in [0, 0.1) is 0 Å². The van der Waals surface area contributed by atoms with Gasteiger partial charge in [0.05, 0.1) is 11.3 Å². The second kappa shape index (κ2) is 8.23. The monoisotopic (exact) mass is 434 g/mol. The van der Waals surface area contributed by atoms with Gasteiger partial charge < -0.3 is 15.0 Å². The molecule has 4 nitrogen and oxygen atoms in total. The maximum absolute atomic E-state index is 14.7. The molecule has 7 heteroatoms. The van der Waals surface area contributed by atoms with Gasteiger partial charge in [0.25, 0.3) is 0 Å². The fraction of sp³-hybridized carbons (Fsp3) is 0.611. The Bertz CT molecular complexity index is 614. The Morgan fingerprint density at radius 3 is 2.56 bits per heavy atom. The molecule has 1 fully saturated rings. The Morgan fingerprint density at radius 1 is 1.36 bits per heavy atom. The number of hydrogen-bond acceptors (Lipinski definition) is 4. The lowest BCUT2D eigenvalue weighted by Crippen LogP contribution is -2.44. The Labute approximate surface area is 162 Å². The van der Waals surface area contributed by atoms with Gasteiger partial charge in [0.15, 0.2) is 0 Å². The molecular weight excluding hydrogens is 411 g/mol. The van der Waals surface area contributed by atoms with E-state index in [9.17, 15) is 9.18 Å². The molecule has 1 aromatic carbocycles. The molecule has 0 radical (unpaired) electrons. The number of ether oxygens (including phenoxy) is 1. The van der Waals surface area contributed by atoms with Crippen molar-refractivity contribution in [2.45, 2.75) is 37.9 Å². The summed E-state index contributed by atoms with van der Waals surface area (Å²) in [7, 11) is 0. The molecule has 0 saturated carbocycles. The average Bonchev–Trinajstić information content (AvgIpc) is 2.53. The quantitative estimate of drug-likeness (QED) is 0.556. The van der Waals surface area contributed by atoms with Crippen LogP contribution in [0.25, 0.3) is 0 Å². The summed E-state index contributed by atoms with van der Waals surface area (Å²) < 4.78 is 20.3. The highest BCUT2D eigenvalue weighted by Gasteiger charge is 2.31. The predicted molar refractivity (Wildman–Crippen MR) is 104 cm³/mol.